The maximum Gasteiger partial charge on any atom is 0.278 e. The van der Waals surface area contributed by atoms with Crippen molar-refractivity contribution in [2.45, 2.75) is 6.92 Å². The van der Waals surface area contributed by atoms with Crippen molar-refractivity contribution in [3.63, 3.8) is 0 Å². The molecule has 9 heteroatoms. The summed E-state index contributed by atoms with van der Waals surface area (Å²) in [5, 5.41) is 13.2. The maximum atomic E-state index is 13.3. The molecule has 2 amide bonds. The number of hydrogen-bond acceptors (Lipinski definition) is 4. The van der Waals surface area contributed by atoms with E-state index in [1.807, 2.05) is 0 Å². The lowest BCUT2D eigenvalue weighted by Crippen LogP contribution is -2.16. The molecule has 0 aliphatic carbocycles. The van der Waals surface area contributed by atoms with E-state index in [4.69, 9.17) is 0 Å². The van der Waals surface area contributed by atoms with Gasteiger partial charge in [-0.1, -0.05) is 17.3 Å². The molecule has 1 aromatic heterocycles. The molecule has 0 unspecified atom stereocenters. The first-order valence-electron chi connectivity index (χ1n) is 9.57. The minimum Gasteiger partial charge on any atom is -0.322 e. The third kappa shape index (κ3) is 4.51. The Balaban J connectivity index is 1.49. The molecule has 32 heavy (non-hydrogen) atoms. The van der Waals surface area contributed by atoms with E-state index in [9.17, 15) is 18.4 Å². The van der Waals surface area contributed by atoms with Gasteiger partial charge in [-0.15, -0.1) is 5.10 Å². The molecule has 2 N–H and O–H groups in total. The van der Waals surface area contributed by atoms with E-state index in [1.54, 1.807) is 31.2 Å². The molecule has 0 aliphatic heterocycles. The van der Waals surface area contributed by atoms with Gasteiger partial charge in [0, 0.05) is 16.9 Å². The fourth-order valence-electron chi connectivity index (χ4n) is 3.06. The molecular weight excluding hydrogens is 416 g/mol. The van der Waals surface area contributed by atoms with Crippen molar-refractivity contribution in [3.05, 3.63) is 101 Å². The monoisotopic (exact) mass is 433 g/mol. The summed E-state index contributed by atoms with van der Waals surface area (Å²) in [4.78, 5) is 25.2. The predicted octanol–water partition coefficient (Wildman–Crippen LogP) is 4.36. The average molecular weight is 433 g/mol. The number of halogens is 2. The number of nitrogens with zero attached hydrogens (tertiary/aromatic N) is 3. The smallest absolute Gasteiger partial charge is 0.278 e. The average Bonchev–Trinajstić information content (AvgIpc) is 3.16. The molecule has 0 bridgehead atoms. The number of aromatic nitrogens is 3. The Hall–Kier alpha value is -4.40. The minimum atomic E-state index is -0.515. The quantitative estimate of drug-likeness (QED) is 0.490. The summed E-state index contributed by atoms with van der Waals surface area (Å²) in [5.74, 6) is -1.82. The molecule has 0 spiro atoms. The lowest BCUT2D eigenvalue weighted by Gasteiger charge is -2.08. The molecule has 0 saturated heterocycles. The van der Waals surface area contributed by atoms with Crippen molar-refractivity contribution >= 4 is 23.2 Å². The van der Waals surface area contributed by atoms with E-state index in [1.165, 1.54) is 53.2 Å². The fraction of sp³-hybridized carbons (Fsp3) is 0.0435. The van der Waals surface area contributed by atoms with Crippen LogP contribution in [-0.4, -0.2) is 26.8 Å². The number of rotatable bonds is 5. The van der Waals surface area contributed by atoms with Crippen LogP contribution in [0.15, 0.2) is 72.8 Å². The highest BCUT2D eigenvalue weighted by Crippen LogP contribution is 2.17. The fourth-order valence-corrected chi connectivity index (χ4v) is 3.06. The number of anilines is 2. The van der Waals surface area contributed by atoms with E-state index in [0.717, 1.165) is 0 Å². The van der Waals surface area contributed by atoms with Crippen molar-refractivity contribution in [3.8, 4) is 5.69 Å². The van der Waals surface area contributed by atoms with E-state index in [2.05, 4.69) is 20.9 Å². The Morgan fingerprint density at radius 1 is 0.812 bits per heavy atom. The number of carbonyl (C=O) groups excluding carboxylic acids is 2. The van der Waals surface area contributed by atoms with Gasteiger partial charge in [-0.2, -0.15) is 0 Å². The van der Waals surface area contributed by atoms with Gasteiger partial charge in [0.2, 0.25) is 0 Å². The van der Waals surface area contributed by atoms with Crippen molar-refractivity contribution in [1.29, 1.82) is 0 Å². The maximum absolute atomic E-state index is 13.3. The molecule has 1 heterocycles. The van der Waals surface area contributed by atoms with E-state index in [0.29, 0.717) is 22.8 Å². The summed E-state index contributed by atoms with van der Waals surface area (Å²) in [6.07, 6.45) is 0. The minimum absolute atomic E-state index is 0.0870. The number of carbonyl (C=O) groups is 2. The SMILES string of the molecule is Cc1c(C(=O)Nc2cccc(C(=O)Nc3cccc(F)c3)c2)nnn1-c1ccc(F)cc1. The Morgan fingerprint density at radius 3 is 2.19 bits per heavy atom. The summed E-state index contributed by atoms with van der Waals surface area (Å²) in [6, 6.07) is 17.5. The molecule has 0 atom stereocenters. The molecule has 160 valence electrons. The van der Waals surface area contributed by atoms with Crippen molar-refractivity contribution in [1.82, 2.24) is 15.0 Å². The van der Waals surface area contributed by atoms with Crippen LogP contribution in [0.1, 0.15) is 26.5 Å². The van der Waals surface area contributed by atoms with Gasteiger partial charge in [-0.25, -0.2) is 13.5 Å². The third-order valence-corrected chi connectivity index (χ3v) is 4.65. The van der Waals surface area contributed by atoms with Gasteiger partial charge in [0.25, 0.3) is 11.8 Å². The predicted molar refractivity (Wildman–Crippen MR) is 115 cm³/mol. The second-order valence-corrected chi connectivity index (χ2v) is 6.91. The number of benzene rings is 3. The van der Waals surface area contributed by atoms with Gasteiger partial charge in [-0.3, -0.25) is 9.59 Å². The number of nitrogens with one attached hydrogen (secondary N) is 2. The largest absolute Gasteiger partial charge is 0.322 e. The molecule has 7 nitrogen and oxygen atoms in total. The van der Waals surface area contributed by atoms with Crippen LogP contribution in [0.4, 0.5) is 20.2 Å². The standard InChI is InChI=1S/C23H17F2N5O2/c1-14-21(28-29-30(14)20-10-8-16(24)9-11-20)23(32)27-18-6-2-4-15(12-18)22(31)26-19-7-3-5-17(25)13-19/h2-13H,1H3,(H,26,31)(H,27,32). The van der Waals surface area contributed by atoms with Crippen LogP contribution in [-0.2, 0) is 0 Å². The Kier molecular flexibility index (Phi) is 5.71. The normalized spacial score (nSPS) is 10.6. The Bertz CT molecular complexity index is 1300. The van der Waals surface area contributed by atoms with Gasteiger partial charge in [0.1, 0.15) is 11.6 Å². The van der Waals surface area contributed by atoms with E-state index < -0.39 is 17.6 Å². The zero-order valence-electron chi connectivity index (χ0n) is 16.8. The summed E-state index contributed by atoms with van der Waals surface area (Å²) in [6.45, 7) is 1.67. The summed E-state index contributed by atoms with van der Waals surface area (Å²) in [7, 11) is 0. The summed E-state index contributed by atoms with van der Waals surface area (Å²) < 4.78 is 27.9. The Labute approximate surface area is 181 Å². The Morgan fingerprint density at radius 2 is 1.47 bits per heavy atom. The first-order valence-corrected chi connectivity index (χ1v) is 9.57. The van der Waals surface area contributed by atoms with Crippen LogP contribution in [0, 0.1) is 18.6 Å². The van der Waals surface area contributed by atoms with Gasteiger partial charge < -0.3 is 10.6 Å². The second kappa shape index (κ2) is 8.76. The van der Waals surface area contributed by atoms with Gasteiger partial charge in [0.05, 0.1) is 11.4 Å². The molecule has 0 aliphatic rings. The van der Waals surface area contributed by atoms with E-state index >= 15 is 0 Å². The highest BCUT2D eigenvalue weighted by atomic mass is 19.1. The van der Waals surface area contributed by atoms with Crippen LogP contribution >= 0.6 is 0 Å². The highest BCUT2D eigenvalue weighted by Gasteiger charge is 2.18. The van der Waals surface area contributed by atoms with Gasteiger partial charge in [0.15, 0.2) is 5.69 Å². The zero-order chi connectivity index (χ0) is 22.7. The molecule has 0 radical (unpaired) electrons. The number of hydrogen-bond donors (Lipinski definition) is 2. The van der Waals surface area contributed by atoms with Crippen molar-refractivity contribution in [2.24, 2.45) is 0 Å². The second-order valence-electron chi connectivity index (χ2n) is 6.91. The molecule has 0 fully saturated rings. The van der Waals surface area contributed by atoms with Crippen molar-refractivity contribution < 1.29 is 18.4 Å². The van der Waals surface area contributed by atoms with Gasteiger partial charge >= 0.3 is 0 Å². The molecule has 3 aromatic carbocycles. The molecule has 4 rings (SSSR count). The van der Waals surface area contributed by atoms with Crippen LogP contribution in [0.25, 0.3) is 5.69 Å². The molecule has 4 aromatic rings. The lowest BCUT2D eigenvalue weighted by molar-refractivity contribution is 0.101. The van der Waals surface area contributed by atoms with Crippen LogP contribution in [0.5, 0.6) is 0 Å². The number of amides is 2. The van der Waals surface area contributed by atoms with Crippen LogP contribution < -0.4 is 10.6 Å². The summed E-state index contributed by atoms with van der Waals surface area (Å²) in [5.41, 5.74) is 2.08. The molecule has 0 saturated carbocycles. The third-order valence-electron chi connectivity index (χ3n) is 4.65. The lowest BCUT2D eigenvalue weighted by atomic mass is 10.1. The topological polar surface area (TPSA) is 88.9 Å². The first kappa shape index (κ1) is 20.9. The van der Waals surface area contributed by atoms with Crippen molar-refractivity contribution in [2.75, 3.05) is 10.6 Å². The van der Waals surface area contributed by atoms with Gasteiger partial charge in [-0.05, 0) is 67.6 Å². The van der Waals surface area contributed by atoms with Crippen LogP contribution in [0.2, 0.25) is 0 Å². The zero-order valence-corrected chi connectivity index (χ0v) is 16.8. The van der Waals surface area contributed by atoms with E-state index in [-0.39, 0.29) is 17.1 Å². The highest BCUT2D eigenvalue weighted by molar-refractivity contribution is 6.07. The molecular formula is C23H17F2N5O2. The first-order chi connectivity index (χ1) is 15.4. The van der Waals surface area contributed by atoms with Crippen LogP contribution in [0.3, 0.4) is 0 Å². The summed E-state index contributed by atoms with van der Waals surface area (Å²) >= 11 is 0.